The monoisotopic (exact) mass is 260 g/mol. The van der Waals surface area contributed by atoms with Crippen molar-refractivity contribution in [1.29, 1.82) is 0 Å². The SMILES string of the molecule is COc1ccc2c(c1)CC(NC1CCN(C)C1)CC2. The first kappa shape index (κ1) is 12.9. The van der Waals surface area contributed by atoms with Crippen molar-refractivity contribution in [3.05, 3.63) is 29.3 Å². The van der Waals surface area contributed by atoms with Gasteiger partial charge in [-0.1, -0.05) is 6.07 Å². The number of hydrogen-bond acceptors (Lipinski definition) is 3. The molecule has 3 nitrogen and oxygen atoms in total. The van der Waals surface area contributed by atoms with Crippen molar-refractivity contribution in [1.82, 2.24) is 10.2 Å². The van der Waals surface area contributed by atoms with Crippen molar-refractivity contribution in [2.24, 2.45) is 0 Å². The maximum atomic E-state index is 5.34. The first-order valence-electron chi connectivity index (χ1n) is 7.35. The Morgan fingerprint density at radius 2 is 2.11 bits per heavy atom. The van der Waals surface area contributed by atoms with Crippen LogP contribution < -0.4 is 10.1 Å². The maximum Gasteiger partial charge on any atom is 0.119 e. The summed E-state index contributed by atoms with van der Waals surface area (Å²) in [6.45, 7) is 2.43. The van der Waals surface area contributed by atoms with Gasteiger partial charge in [0.25, 0.3) is 0 Å². The van der Waals surface area contributed by atoms with E-state index in [1.807, 2.05) is 0 Å². The standard InChI is InChI=1S/C16H24N2O/c1-18-8-7-15(11-18)17-14-5-3-12-4-6-16(19-2)10-13(12)9-14/h4,6,10,14-15,17H,3,5,7-9,11H2,1-2H3. The van der Waals surface area contributed by atoms with Crippen LogP contribution in [0.3, 0.4) is 0 Å². The Labute approximate surface area is 115 Å². The Hall–Kier alpha value is -1.06. The molecule has 2 unspecified atom stereocenters. The van der Waals surface area contributed by atoms with Crippen molar-refractivity contribution >= 4 is 0 Å². The van der Waals surface area contributed by atoms with E-state index in [0.29, 0.717) is 12.1 Å². The molecule has 1 aromatic rings. The second-order valence-corrected chi connectivity index (χ2v) is 5.99. The molecule has 0 radical (unpaired) electrons. The summed E-state index contributed by atoms with van der Waals surface area (Å²) in [6.07, 6.45) is 4.89. The lowest BCUT2D eigenvalue weighted by Gasteiger charge is -2.28. The molecule has 1 N–H and O–H groups in total. The van der Waals surface area contributed by atoms with Crippen LogP contribution in [0, 0.1) is 0 Å². The summed E-state index contributed by atoms with van der Waals surface area (Å²) in [4.78, 5) is 2.41. The van der Waals surface area contributed by atoms with Crippen molar-refractivity contribution in [2.45, 2.75) is 37.8 Å². The number of ether oxygens (including phenoxy) is 1. The molecule has 0 aromatic heterocycles. The molecule has 1 aliphatic heterocycles. The third kappa shape index (κ3) is 2.93. The predicted octanol–water partition coefficient (Wildman–Crippen LogP) is 1.85. The molecule has 0 saturated carbocycles. The molecule has 2 atom stereocenters. The van der Waals surface area contributed by atoms with Gasteiger partial charge in [0.1, 0.15) is 5.75 Å². The van der Waals surface area contributed by atoms with E-state index in [9.17, 15) is 0 Å². The zero-order chi connectivity index (χ0) is 13.2. The molecule has 1 saturated heterocycles. The van der Waals surface area contributed by atoms with E-state index in [1.165, 1.54) is 43.5 Å². The third-order valence-corrected chi connectivity index (χ3v) is 4.50. The molecule has 2 aliphatic rings. The van der Waals surface area contributed by atoms with Crippen molar-refractivity contribution in [3.8, 4) is 5.75 Å². The fraction of sp³-hybridized carbons (Fsp3) is 0.625. The van der Waals surface area contributed by atoms with E-state index >= 15 is 0 Å². The van der Waals surface area contributed by atoms with Crippen LogP contribution in [0.4, 0.5) is 0 Å². The predicted molar refractivity (Wildman–Crippen MR) is 77.8 cm³/mol. The van der Waals surface area contributed by atoms with Crippen molar-refractivity contribution in [3.63, 3.8) is 0 Å². The van der Waals surface area contributed by atoms with Gasteiger partial charge in [0.05, 0.1) is 7.11 Å². The zero-order valence-corrected chi connectivity index (χ0v) is 12.0. The zero-order valence-electron chi connectivity index (χ0n) is 12.0. The Morgan fingerprint density at radius 3 is 2.84 bits per heavy atom. The summed E-state index contributed by atoms with van der Waals surface area (Å²) in [5.74, 6) is 0.986. The molecular formula is C16H24N2O. The molecule has 19 heavy (non-hydrogen) atoms. The molecule has 1 aliphatic carbocycles. The molecule has 1 aromatic carbocycles. The maximum absolute atomic E-state index is 5.34. The van der Waals surface area contributed by atoms with Gasteiger partial charge < -0.3 is 15.0 Å². The third-order valence-electron chi connectivity index (χ3n) is 4.50. The summed E-state index contributed by atoms with van der Waals surface area (Å²) >= 11 is 0. The molecule has 3 rings (SSSR count). The number of methoxy groups -OCH3 is 1. The topological polar surface area (TPSA) is 24.5 Å². The van der Waals surface area contributed by atoms with Crippen molar-refractivity contribution in [2.75, 3.05) is 27.2 Å². The minimum absolute atomic E-state index is 0.635. The summed E-state index contributed by atoms with van der Waals surface area (Å²) < 4.78 is 5.34. The van der Waals surface area contributed by atoms with E-state index in [-0.39, 0.29) is 0 Å². The van der Waals surface area contributed by atoms with Gasteiger partial charge in [0.15, 0.2) is 0 Å². The second kappa shape index (κ2) is 5.51. The van der Waals surface area contributed by atoms with Gasteiger partial charge in [-0.15, -0.1) is 0 Å². The Bertz CT molecular complexity index is 446. The normalized spacial score (nSPS) is 27.3. The van der Waals surface area contributed by atoms with Gasteiger partial charge >= 0.3 is 0 Å². The molecular weight excluding hydrogens is 236 g/mol. The highest BCUT2D eigenvalue weighted by Gasteiger charge is 2.25. The number of fused-ring (bicyclic) bond motifs is 1. The summed E-state index contributed by atoms with van der Waals surface area (Å²) in [5, 5.41) is 3.84. The van der Waals surface area contributed by atoms with E-state index in [0.717, 1.165) is 12.2 Å². The van der Waals surface area contributed by atoms with Crippen LogP contribution in [-0.4, -0.2) is 44.2 Å². The van der Waals surface area contributed by atoms with Crippen LogP contribution in [-0.2, 0) is 12.8 Å². The molecule has 104 valence electrons. The first-order valence-corrected chi connectivity index (χ1v) is 7.35. The van der Waals surface area contributed by atoms with Crippen LogP contribution in [0.15, 0.2) is 18.2 Å². The highest BCUT2D eigenvalue weighted by molar-refractivity contribution is 5.37. The largest absolute Gasteiger partial charge is 0.497 e. The number of rotatable bonds is 3. The van der Waals surface area contributed by atoms with E-state index < -0.39 is 0 Å². The fourth-order valence-electron chi connectivity index (χ4n) is 3.41. The van der Waals surface area contributed by atoms with Crippen LogP contribution in [0.2, 0.25) is 0 Å². The molecule has 0 amide bonds. The Kier molecular flexibility index (Phi) is 3.76. The van der Waals surface area contributed by atoms with Gasteiger partial charge in [-0.2, -0.15) is 0 Å². The number of aryl methyl sites for hydroxylation is 1. The van der Waals surface area contributed by atoms with Crippen LogP contribution in [0.5, 0.6) is 5.75 Å². The fourth-order valence-corrected chi connectivity index (χ4v) is 3.41. The Balaban J connectivity index is 1.64. The number of benzene rings is 1. The average Bonchev–Trinajstić information content (AvgIpc) is 2.83. The molecule has 1 heterocycles. The number of hydrogen-bond donors (Lipinski definition) is 1. The molecule has 3 heteroatoms. The molecule has 1 fully saturated rings. The smallest absolute Gasteiger partial charge is 0.119 e. The van der Waals surface area contributed by atoms with Crippen LogP contribution >= 0.6 is 0 Å². The number of nitrogens with one attached hydrogen (secondary N) is 1. The molecule has 0 spiro atoms. The lowest BCUT2D eigenvalue weighted by Crippen LogP contribution is -2.42. The van der Waals surface area contributed by atoms with Gasteiger partial charge in [-0.25, -0.2) is 0 Å². The highest BCUT2D eigenvalue weighted by Crippen LogP contribution is 2.26. The van der Waals surface area contributed by atoms with Gasteiger partial charge in [-0.3, -0.25) is 0 Å². The molecule has 0 bridgehead atoms. The first-order chi connectivity index (χ1) is 9.24. The van der Waals surface area contributed by atoms with E-state index in [2.05, 4.69) is 35.5 Å². The lowest BCUT2D eigenvalue weighted by atomic mass is 9.87. The Morgan fingerprint density at radius 1 is 1.21 bits per heavy atom. The van der Waals surface area contributed by atoms with Gasteiger partial charge in [0, 0.05) is 18.6 Å². The minimum atomic E-state index is 0.635. The lowest BCUT2D eigenvalue weighted by molar-refractivity contribution is 0.365. The minimum Gasteiger partial charge on any atom is -0.497 e. The highest BCUT2D eigenvalue weighted by atomic mass is 16.5. The number of nitrogens with zero attached hydrogens (tertiary/aromatic N) is 1. The van der Waals surface area contributed by atoms with Crippen molar-refractivity contribution < 1.29 is 4.74 Å². The summed E-state index contributed by atoms with van der Waals surface area (Å²) in [6, 6.07) is 7.84. The van der Waals surface area contributed by atoms with Gasteiger partial charge in [0.2, 0.25) is 0 Å². The van der Waals surface area contributed by atoms with E-state index in [1.54, 1.807) is 7.11 Å². The van der Waals surface area contributed by atoms with Crippen LogP contribution in [0.1, 0.15) is 24.0 Å². The average molecular weight is 260 g/mol. The summed E-state index contributed by atoms with van der Waals surface area (Å²) in [5.41, 5.74) is 2.97. The summed E-state index contributed by atoms with van der Waals surface area (Å²) in [7, 11) is 3.96. The second-order valence-electron chi connectivity index (χ2n) is 5.99. The quantitative estimate of drug-likeness (QED) is 0.897. The van der Waals surface area contributed by atoms with Crippen LogP contribution in [0.25, 0.3) is 0 Å². The van der Waals surface area contributed by atoms with E-state index in [4.69, 9.17) is 4.74 Å². The van der Waals surface area contributed by atoms with Gasteiger partial charge in [-0.05, 0) is 62.5 Å². The number of likely N-dealkylation sites (tertiary alicyclic amines) is 1. The number of likely N-dealkylation sites (N-methyl/N-ethyl adjacent to an activating group) is 1.